The number of likely N-dealkylation sites (N-methyl/N-ethyl adjacent to an activating group) is 2. The van der Waals surface area contributed by atoms with Gasteiger partial charge in [-0.3, -0.25) is 0 Å². The number of carbonyl (C=O) groups excluding carboxylic acids is 1. The van der Waals surface area contributed by atoms with Gasteiger partial charge in [0.05, 0.1) is 25.9 Å². The third-order valence-corrected chi connectivity index (χ3v) is 3.02. The number of nitrogens with zero attached hydrogens (tertiary/aromatic N) is 1. The normalized spacial score (nSPS) is 14.4. The molecule has 0 fully saturated rings. The molecule has 1 amide bonds. The zero-order valence-corrected chi connectivity index (χ0v) is 12.5. The molecule has 2 atom stereocenters. The molecule has 0 aliphatic rings. The molecule has 0 radical (unpaired) electrons. The molecule has 0 aromatic heterocycles. The van der Waals surface area contributed by atoms with E-state index in [4.69, 9.17) is 9.47 Å². The first-order chi connectivity index (χ1) is 8.46. The molecule has 0 bridgehead atoms. The maximum Gasteiger partial charge on any atom is 0.409 e. The Morgan fingerprint density at radius 2 is 1.94 bits per heavy atom. The number of hydrogen-bond acceptors (Lipinski definition) is 4. The molecule has 0 aromatic carbocycles. The van der Waals surface area contributed by atoms with Crippen LogP contribution in [0.5, 0.6) is 0 Å². The van der Waals surface area contributed by atoms with Crippen molar-refractivity contribution in [2.45, 2.75) is 39.9 Å². The fourth-order valence-corrected chi connectivity index (χ4v) is 1.55. The van der Waals surface area contributed by atoms with Crippen molar-refractivity contribution < 1.29 is 14.3 Å². The molecule has 0 saturated heterocycles. The van der Waals surface area contributed by atoms with Gasteiger partial charge in [-0.2, -0.15) is 0 Å². The van der Waals surface area contributed by atoms with Crippen LogP contribution in [-0.2, 0) is 9.47 Å². The van der Waals surface area contributed by atoms with Crippen LogP contribution < -0.4 is 5.32 Å². The summed E-state index contributed by atoms with van der Waals surface area (Å²) in [5.41, 5.74) is 0. The lowest BCUT2D eigenvalue weighted by molar-refractivity contribution is -0.0362. The fraction of sp³-hybridized carbons (Fsp3) is 0.923. The summed E-state index contributed by atoms with van der Waals surface area (Å²) in [6, 6.07) is 0. The fourth-order valence-electron chi connectivity index (χ4n) is 1.55. The molecule has 1 N–H and O–H groups in total. The van der Waals surface area contributed by atoms with E-state index in [0.29, 0.717) is 25.6 Å². The first-order valence-electron chi connectivity index (χ1n) is 6.59. The van der Waals surface area contributed by atoms with Crippen molar-refractivity contribution in [1.82, 2.24) is 10.2 Å². The van der Waals surface area contributed by atoms with Crippen LogP contribution in [0.1, 0.15) is 27.7 Å². The van der Waals surface area contributed by atoms with Gasteiger partial charge in [0, 0.05) is 13.1 Å². The van der Waals surface area contributed by atoms with E-state index < -0.39 is 0 Å². The van der Waals surface area contributed by atoms with E-state index in [2.05, 4.69) is 26.1 Å². The standard InChI is InChI=1S/C13H28N2O3/c1-7-15(13(16)17-6)9-12(8-14-5)18-11(4)10(2)3/h10-12,14H,7-9H2,1-6H3/t11-,12-/m0/s1. The lowest BCUT2D eigenvalue weighted by Gasteiger charge is -2.29. The van der Waals surface area contributed by atoms with Gasteiger partial charge in [-0.25, -0.2) is 4.79 Å². The predicted molar refractivity (Wildman–Crippen MR) is 72.8 cm³/mol. The lowest BCUT2D eigenvalue weighted by Crippen LogP contribution is -2.43. The Kier molecular flexibility index (Phi) is 8.75. The van der Waals surface area contributed by atoms with E-state index >= 15 is 0 Å². The average molecular weight is 260 g/mol. The van der Waals surface area contributed by atoms with E-state index in [1.54, 1.807) is 4.90 Å². The zero-order valence-electron chi connectivity index (χ0n) is 12.5. The van der Waals surface area contributed by atoms with E-state index in [-0.39, 0.29) is 18.3 Å². The summed E-state index contributed by atoms with van der Waals surface area (Å²) in [5.74, 6) is 0.456. The molecule has 18 heavy (non-hydrogen) atoms. The molecule has 0 unspecified atom stereocenters. The number of methoxy groups -OCH3 is 1. The van der Waals surface area contributed by atoms with Crippen molar-refractivity contribution in [3.8, 4) is 0 Å². The van der Waals surface area contributed by atoms with Gasteiger partial charge >= 0.3 is 6.09 Å². The summed E-state index contributed by atoms with van der Waals surface area (Å²) in [4.78, 5) is 13.2. The Morgan fingerprint density at radius 3 is 2.33 bits per heavy atom. The minimum Gasteiger partial charge on any atom is -0.453 e. The van der Waals surface area contributed by atoms with Gasteiger partial charge in [-0.05, 0) is 26.8 Å². The predicted octanol–water partition coefficient (Wildman–Crippen LogP) is 1.72. The lowest BCUT2D eigenvalue weighted by atomic mass is 10.1. The van der Waals surface area contributed by atoms with Gasteiger partial charge in [0.25, 0.3) is 0 Å². The Bertz CT molecular complexity index is 234. The molecule has 0 saturated carbocycles. The van der Waals surface area contributed by atoms with Crippen LogP contribution in [0, 0.1) is 5.92 Å². The molecule has 0 heterocycles. The SMILES string of the molecule is CCN(C[C@H](CNC)O[C@@H](C)C(C)C)C(=O)OC. The minimum absolute atomic E-state index is 0.0218. The quantitative estimate of drug-likeness (QED) is 0.722. The van der Waals surface area contributed by atoms with Crippen molar-refractivity contribution >= 4 is 6.09 Å². The maximum atomic E-state index is 11.5. The summed E-state index contributed by atoms with van der Waals surface area (Å²) >= 11 is 0. The van der Waals surface area contributed by atoms with Crippen molar-refractivity contribution in [2.75, 3.05) is 33.8 Å². The summed E-state index contributed by atoms with van der Waals surface area (Å²) in [6.45, 7) is 10.1. The molecule has 5 heteroatoms. The Labute approximate surface area is 111 Å². The van der Waals surface area contributed by atoms with Crippen molar-refractivity contribution in [1.29, 1.82) is 0 Å². The highest BCUT2D eigenvalue weighted by Crippen LogP contribution is 2.10. The maximum absolute atomic E-state index is 11.5. The number of rotatable bonds is 8. The zero-order chi connectivity index (χ0) is 14.1. The third kappa shape index (κ3) is 6.21. The van der Waals surface area contributed by atoms with Gasteiger partial charge in [0.2, 0.25) is 0 Å². The smallest absolute Gasteiger partial charge is 0.409 e. The summed E-state index contributed by atoms with van der Waals surface area (Å²) in [6.07, 6.45) is -0.162. The van der Waals surface area contributed by atoms with E-state index in [1.165, 1.54) is 7.11 Å². The van der Waals surface area contributed by atoms with Crippen molar-refractivity contribution in [3.63, 3.8) is 0 Å². The molecular weight excluding hydrogens is 232 g/mol. The number of amides is 1. The number of ether oxygens (including phenoxy) is 2. The Hall–Kier alpha value is -0.810. The van der Waals surface area contributed by atoms with Crippen molar-refractivity contribution in [3.05, 3.63) is 0 Å². The molecule has 5 nitrogen and oxygen atoms in total. The highest BCUT2D eigenvalue weighted by atomic mass is 16.5. The van der Waals surface area contributed by atoms with Gasteiger partial charge in [0.1, 0.15) is 0 Å². The first kappa shape index (κ1) is 17.2. The van der Waals surface area contributed by atoms with Crippen LogP contribution in [0.15, 0.2) is 0 Å². The summed E-state index contributed by atoms with van der Waals surface area (Å²) < 4.78 is 10.7. The van der Waals surface area contributed by atoms with E-state index in [1.807, 2.05) is 14.0 Å². The topological polar surface area (TPSA) is 50.8 Å². The second-order valence-corrected chi connectivity index (χ2v) is 4.77. The van der Waals surface area contributed by atoms with E-state index in [9.17, 15) is 4.79 Å². The number of hydrogen-bond donors (Lipinski definition) is 1. The molecule has 0 aliphatic heterocycles. The Morgan fingerprint density at radius 1 is 1.33 bits per heavy atom. The number of carbonyl (C=O) groups is 1. The van der Waals surface area contributed by atoms with Crippen molar-refractivity contribution in [2.24, 2.45) is 5.92 Å². The summed E-state index contributed by atoms with van der Waals surface area (Å²) in [5, 5.41) is 3.09. The van der Waals surface area contributed by atoms with Crippen LogP contribution in [-0.4, -0.2) is 57.0 Å². The minimum atomic E-state index is -0.306. The van der Waals surface area contributed by atoms with Crippen LogP contribution in [0.25, 0.3) is 0 Å². The highest BCUT2D eigenvalue weighted by Gasteiger charge is 2.21. The second-order valence-electron chi connectivity index (χ2n) is 4.77. The monoisotopic (exact) mass is 260 g/mol. The molecule has 108 valence electrons. The van der Waals surface area contributed by atoms with Crippen LogP contribution in [0.3, 0.4) is 0 Å². The third-order valence-electron chi connectivity index (χ3n) is 3.02. The first-order valence-corrected chi connectivity index (χ1v) is 6.59. The molecular formula is C13H28N2O3. The van der Waals surface area contributed by atoms with Gasteiger partial charge in [0.15, 0.2) is 0 Å². The van der Waals surface area contributed by atoms with Crippen LogP contribution >= 0.6 is 0 Å². The molecule has 0 aliphatic carbocycles. The average Bonchev–Trinajstić information content (AvgIpc) is 2.34. The molecule has 0 aromatic rings. The highest BCUT2D eigenvalue weighted by molar-refractivity contribution is 5.67. The second kappa shape index (κ2) is 9.16. The van der Waals surface area contributed by atoms with Crippen LogP contribution in [0.4, 0.5) is 4.79 Å². The van der Waals surface area contributed by atoms with E-state index in [0.717, 1.165) is 0 Å². The van der Waals surface area contributed by atoms with Gasteiger partial charge < -0.3 is 19.7 Å². The largest absolute Gasteiger partial charge is 0.453 e. The van der Waals surface area contributed by atoms with Crippen LogP contribution in [0.2, 0.25) is 0 Å². The van der Waals surface area contributed by atoms with Gasteiger partial charge in [-0.15, -0.1) is 0 Å². The molecule has 0 spiro atoms. The van der Waals surface area contributed by atoms with Gasteiger partial charge in [-0.1, -0.05) is 13.8 Å². The molecule has 0 rings (SSSR count). The number of nitrogens with one attached hydrogen (secondary N) is 1. The summed E-state index contributed by atoms with van der Waals surface area (Å²) in [7, 11) is 3.28. The Balaban J connectivity index is 4.44.